The number of carbonyl (C=O) groups excluding carboxylic acids is 1. The van der Waals surface area contributed by atoms with Gasteiger partial charge >= 0.3 is 0 Å². The molecule has 0 unspecified atom stereocenters. The quantitative estimate of drug-likeness (QED) is 0.356. The Bertz CT molecular complexity index is 1520. The van der Waals surface area contributed by atoms with Crippen molar-refractivity contribution in [1.29, 1.82) is 0 Å². The topological polar surface area (TPSA) is 72.5 Å². The van der Waals surface area contributed by atoms with Crippen LogP contribution in [0.4, 0.5) is 0 Å². The van der Waals surface area contributed by atoms with Gasteiger partial charge in [-0.15, -0.1) is 10.2 Å². The highest BCUT2D eigenvalue weighted by molar-refractivity contribution is 7.99. The number of amides is 1. The van der Waals surface area contributed by atoms with Crippen LogP contribution in [0.2, 0.25) is 0 Å². The molecule has 0 atom stereocenters. The molecular formula is C27H29N5O2S. The molecule has 2 aromatic carbocycles. The van der Waals surface area contributed by atoms with Crippen LogP contribution in [-0.4, -0.2) is 42.3 Å². The second-order valence-electron chi connectivity index (χ2n) is 8.93. The zero-order chi connectivity index (χ0) is 24.5. The molecule has 0 aliphatic heterocycles. The maximum absolute atomic E-state index is 13.6. The Labute approximate surface area is 208 Å². The van der Waals surface area contributed by atoms with E-state index < -0.39 is 0 Å². The lowest BCUT2D eigenvalue weighted by Crippen LogP contribution is -2.32. The number of fused-ring (bicyclic) bond motifs is 3. The molecule has 0 radical (unpaired) electrons. The summed E-state index contributed by atoms with van der Waals surface area (Å²) in [4.78, 5) is 28.6. The molecule has 0 saturated carbocycles. The Morgan fingerprint density at radius 3 is 2.69 bits per heavy atom. The van der Waals surface area contributed by atoms with Crippen LogP contribution in [0.25, 0.3) is 22.4 Å². The number of nitrogens with zero attached hydrogens (tertiary/aromatic N) is 5. The molecule has 0 spiro atoms. The van der Waals surface area contributed by atoms with Crippen LogP contribution >= 0.6 is 11.8 Å². The lowest BCUT2D eigenvalue weighted by Gasteiger charge is -2.26. The Kier molecular flexibility index (Phi) is 6.47. The highest BCUT2D eigenvalue weighted by Crippen LogP contribution is 2.26. The molecule has 2 aromatic heterocycles. The molecule has 1 amide bonds. The Hall–Kier alpha value is -3.39. The maximum atomic E-state index is 13.6. The fourth-order valence-electron chi connectivity index (χ4n) is 4.86. The summed E-state index contributed by atoms with van der Waals surface area (Å²) in [5, 5.41) is 10.0. The largest absolute Gasteiger partial charge is 0.316 e. The third kappa shape index (κ3) is 4.27. The zero-order valence-corrected chi connectivity index (χ0v) is 21.1. The standard InChI is InChI=1S/C27H29N5O2S/c1-4-30(20-10-6-5-7-11-20)24(33)17-35-27-29-28-26-31(22-15-14-18(2)16-19(22)3)25(34)21-12-8-9-13-23(21)32(26)27/h8-10,12-16H,4-7,11,17H2,1-3H3. The molecular weight excluding hydrogens is 458 g/mol. The molecule has 1 aliphatic carbocycles. The van der Waals surface area contributed by atoms with Gasteiger partial charge in [-0.1, -0.05) is 47.7 Å². The summed E-state index contributed by atoms with van der Waals surface area (Å²) in [5.74, 6) is 0.760. The van der Waals surface area contributed by atoms with Crippen LogP contribution in [0.3, 0.4) is 0 Å². The van der Waals surface area contributed by atoms with E-state index in [0.717, 1.165) is 47.3 Å². The summed E-state index contributed by atoms with van der Waals surface area (Å²) in [5.41, 5.74) is 4.61. The van der Waals surface area contributed by atoms with Crippen molar-refractivity contribution in [2.24, 2.45) is 0 Å². The van der Waals surface area contributed by atoms with Gasteiger partial charge < -0.3 is 4.90 Å². The monoisotopic (exact) mass is 487 g/mol. The first-order valence-corrected chi connectivity index (χ1v) is 13.1. The lowest BCUT2D eigenvalue weighted by atomic mass is 10.0. The van der Waals surface area contributed by atoms with Crippen LogP contribution in [0.15, 0.2) is 64.2 Å². The summed E-state index contributed by atoms with van der Waals surface area (Å²) in [6, 6.07) is 13.5. The number of para-hydroxylation sites is 1. The van der Waals surface area contributed by atoms with E-state index in [-0.39, 0.29) is 17.2 Å². The summed E-state index contributed by atoms with van der Waals surface area (Å²) in [7, 11) is 0. The number of thioether (sulfide) groups is 1. The number of benzene rings is 2. The average molecular weight is 488 g/mol. The maximum Gasteiger partial charge on any atom is 0.267 e. The smallest absolute Gasteiger partial charge is 0.267 e. The normalized spacial score (nSPS) is 13.9. The second-order valence-corrected chi connectivity index (χ2v) is 9.88. The van der Waals surface area contributed by atoms with Crippen molar-refractivity contribution in [1.82, 2.24) is 24.1 Å². The van der Waals surface area contributed by atoms with E-state index in [1.807, 2.05) is 66.5 Å². The van der Waals surface area contributed by atoms with Gasteiger partial charge in [0.1, 0.15) is 0 Å². The molecule has 1 aliphatic rings. The number of hydrogen-bond donors (Lipinski definition) is 0. The summed E-state index contributed by atoms with van der Waals surface area (Å²) in [6.45, 7) is 6.69. The van der Waals surface area contributed by atoms with Crippen molar-refractivity contribution in [3.63, 3.8) is 0 Å². The van der Waals surface area contributed by atoms with Gasteiger partial charge in [0.25, 0.3) is 5.56 Å². The molecule has 2 heterocycles. The summed E-state index contributed by atoms with van der Waals surface area (Å²) >= 11 is 1.36. The van der Waals surface area contributed by atoms with E-state index in [9.17, 15) is 9.59 Å². The van der Waals surface area contributed by atoms with Crippen molar-refractivity contribution in [2.75, 3.05) is 12.3 Å². The minimum atomic E-state index is -0.138. The molecule has 0 fully saturated rings. The molecule has 0 saturated heterocycles. The molecule has 0 N–H and O–H groups in total. The van der Waals surface area contributed by atoms with E-state index in [1.54, 1.807) is 4.57 Å². The first-order chi connectivity index (χ1) is 17.0. The van der Waals surface area contributed by atoms with Gasteiger partial charge in [-0.05, 0) is 70.2 Å². The fraction of sp³-hybridized carbons (Fsp3) is 0.333. The van der Waals surface area contributed by atoms with E-state index in [1.165, 1.54) is 18.2 Å². The van der Waals surface area contributed by atoms with E-state index >= 15 is 0 Å². The first-order valence-electron chi connectivity index (χ1n) is 12.1. The number of allylic oxidation sites excluding steroid dienone is 2. The van der Waals surface area contributed by atoms with E-state index in [4.69, 9.17) is 0 Å². The third-order valence-corrected chi connectivity index (χ3v) is 7.46. The Morgan fingerprint density at radius 1 is 1.11 bits per heavy atom. The number of carbonyl (C=O) groups is 1. The number of aromatic nitrogens is 4. The van der Waals surface area contributed by atoms with E-state index in [2.05, 4.69) is 22.3 Å². The van der Waals surface area contributed by atoms with Gasteiger partial charge in [0.05, 0.1) is 22.3 Å². The number of hydrogen-bond acceptors (Lipinski definition) is 5. The van der Waals surface area contributed by atoms with Crippen molar-refractivity contribution in [2.45, 2.75) is 51.6 Å². The van der Waals surface area contributed by atoms with Crippen LogP contribution < -0.4 is 5.56 Å². The number of rotatable bonds is 6. The predicted octanol–water partition coefficient (Wildman–Crippen LogP) is 5.05. The molecule has 0 bridgehead atoms. The van der Waals surface area contributed by atoms with E-state index in [0.29, 0.717) is 22.9 Å². The van der Waals surface area contributed by atoms with Crippen LogP contribution in [-0.2, 0) is 4.79 Å². The van der Waals surface area contributed by atoms with Gasteiger partial charge in [-0.3, -0.25) is 14.0 Å². The van der Waals surface area contributed by atoms with Crippen LogP contribution in [0.5, 0.6) is 0 Å². The second kappa shape index (κ2) is 9.70. The molecule has 180 valence electrons. The van der Waals surface area contributed by atoms with Crippen molar-refractivity contribution >= 4 is 34.3 Å². The van der Waals surface area contributed by atoms with Crippen LogP contribution in [0.1, 0.15) is 43.7 Å². The molecule has 5 rings (SSSR count). The van der Waals surface area contributed by atoms with Crippen LogP contribution in [0, 0.1) is 13.8 Å². The Morgan fingerprint density at radius 2 is 1.94 bits per heavy atom. The van der Waals surface area contributed by atoms with Gasteiger partial charge in [-0.25, -0.2) is 4.57 Å². The predicted molar refractivity (Wildman–Crippen MR) is 140 cm³/mol. The van der Waals surface area contributed by atoms with Crippen molar-refractivity contribution < 1.29 is 4.79 Å². The van der Waals surface area contributed by atoms with Crippen molar-refractivity contribution in [3.8, 4) is 5.69 Å². The minimum absolute atomic E-state index is 0.0643. The Balaban J connectivity index is 1.58. The highest BCUT2D eigenvalue weighted by atomic mass is 32.2. The zero-order valence-electron chi connectivity index (χ0n) is 20.3. The molecule has 35 heavy (non-hydrogen) atoms. The van der Waals surface area contributed by atoms with Gasteiger partial charge in [0.2, 0.25) is 11.7 Å². The molecule has 4 aromatic rings. The van der Waals surface area contributed by atoms with Gasteiger partial charge in [0.15, 0.2) is 5.16 Å². The minimum Gasteiger partial charge on any atom is -0.316 e. The van der Waals surface area contributed by atoms with Crippen molar-refractivity contribution in [3.05, 3.63) is 75.7 Å². The summed E-state index contributed by atoms with van der Waals surface area (Å²) < 4.78 is 3.52. The van der Waals surface area contributed by atoms with Gasteiger partial charge in [0, 0.05) is 12.2 Å². The molecule has 8 heteroatoms. The third-order valence-electron chi connectivity index (χ3n) is 6.54. The lowest BCUT2D eigenvalue weighted by molar-refractivity contribution is -0.126. The summed E-state index contributed by atoms with van der Waals surface area (Å²) in [6.07, 6.45) is 6.48. The molecule has 7 nitrogen and oxygen atoms in total. The highest BCUT2D eigenvalue weighted by Gasteiger charge is 2.22. The number of aryl methyl sites for hydroxylation is 2. The van der Waals surface area contributed by atoms with Gasteiger partial charge in [-0.2, -0.15) is 0 Å². The first kappa shape index (κ1) is 23.4. The SMILES string of the molecule is CCN(C(=O)CSc1nnc2n(-c3ccc(C)cc3C)c(=O)c3ccccc3n12)C1=CCCCC1. The average Bonchev–Trinajstić information content (AvgIpc) is 3.29. The fourth-order valence-corrected chi connectivity index (χ4v) is 5.67.